The Hall–Kier alpha value is -1.01. The largest absolute Gasteiger partial charge is 0.393 e. The number of amides is 1. The molecule has 86 valence electrons. The second kappa shape index (κ2) is 5.36. The number of carbonyl (C=O) groups excluding carboxylic acids is 1. The Bertz CT molecular complexity index is 439. The Labute approximate surface area is 106 Å². The standard InChI is InChI=1S/C10H10BrFN2OS/c1-5(9(13)16)10(15)14-8-3-2-6(12)4-7(8)11/h2-5H,1H3,(H2,13,16)(H,14,15). The molecule has 0 saturated carbocycles. The molecule has 1 aromatic carbocycles. The number of hydrogen-bond acceptors (Lipinski definition) is 2. The van der Waals surface area contributed by atoms with Gasteiger partial charge in [-0.25, -0.2) is 4.39 Å². The number of halogens is 2. The highest BCUT2D eigenvalue weighted by Crippen LogP contribution is 2.23. The van der Waals surface area contributed by atoms with E-state index in [9.17, 15) is 9.18 Å². The summed E-state index contributed by atoms with van der Waals surface area (Å²) in [4.78, 5) is 11.7. The maximum absolute atomic E-state index is 12.8. The molecular formula is C10H10BrFN2OS. The minimum atomic E-state index is -0.563. The fourth-order valence-electron chi connectivity index (χ4n) is 0.961. The Morgan fingerprint density at radius 2 is 2.25 bits per heavy atom. The molecule has 1 rings (SSSR count). The first-order valence-corrected chi connectivity index (χ1v) is 5.67. The monoisotopic (exact) mass is 304 g/mol. The van der Waals surface area contributed by atoms with E-state index >= 15 is 0 Å². The van der Waals surface area contributed by atoms with E-state index in [1.54, 1.807) is 6.92 Å². The van der Waals surface area contributed by atoms with E-state index in [1.165, 1.54) is 18.2 Å². The van der Waals surface area contributed by atoms with Crippen LogP contribution in [0.5, 0.6) is 0 Å². The summed E-state index contributed by atoms with van der Waals surface area (Å²) in [5.74, 6) is -1.26. The van der Waals surface area contributed by atoms with Crippen LogP contribution in [0.1, 0.15) is 6.92 Å². The van der Waals surface area contributed by atoms with Gasteiger partial charge in [-0.1, -0.05) is 12.2 Å². The Morgan fingerprint density at radius 1 is 1.62 bits per heavy atom. The summed E-state index contributed by atoms with van der Waals surface area (Å²) in [5.41, 5.74) is 5.83. The van der Waals surface area contributed by atoms with Crippen molar-refractivity contribution in [3.8, 4) is 0 Å². The molecule has 1 atom stereocenters. The molecule has 0 aliphatic heterocycles. The fourth-order valence-corrected chi connectivity index (χ4v) is 1.52. The van der Waals surface area contributed by atoms with Gasteiger partial charge in [0.15, 0.2) is 0 Å². The third-order valence-corrected chi connectivity index (χ3v) is 3.02. The molecule has 0 aliphatic rings. The Balaban J connectivity index is 2.81. The van der Waals surface area contributed by atoms with Crippen molar-refractivity contribution in [2.45, 2.75) is 6.92 Å². The van der Waals surface area contributed by atoms with Crippen molar-refractivity contribution in [1.82, 2.24) is 0 Å². The van der Waals surface area contributed by atoms with Crippen LogP contribution < -0.4 is 11.1 Å². The van der Waals surface area contributed by atoms with Gasteiger partial charge in [-0.3, -0.25) is 4.79 Å². The number of rotatable bonds is 3. The molecule has 6 heteroatoms. The zero-order valence-electron chi connectivity index (χ0n) is 8.46. The van der Waals surface area contributed by atoms with E-state index in [0.29, 0.717) is 10.2 Å². The van der Waals surface area contributed by atoms with Crippen molar-refractivity contribution < 1.29 is 9.18 Å². The minimum Gasteiger partial charge on any atom is -0.393 e. The quantitative estimate of drug-likeness (QED) is 0.843. The van der Waals surface area contributed by atoms with E-state index in [-0.39, 0.29) is 16.7 Å². The lowest BCUT2D eigenvalue weighted by molar-refractivity contribution is -0.117. The summed E-state index contributed by atoms with van der Waals surface area (Å²) < 4.78 is 13.3. The van der Waals surface area contributed by atoms with Crippen LogP contribution >= 0.6 is 28.1 Å². The summed E-state index contributed by atoms with van der Waals surface area (Å²) in [6.45, 7) is 1.61. The van der Waals surface area contributed by atoms with Gasteiger partial charge < -0.3 is 11.1 Å². The van der Waals surface area contributed by atoms with Crippen molar-refractivity contribution in [3.63, 3.8) is 0 Å². The molecule has 1 unspecified atom stereocenters. The van der Waals surface area contributed by atoms with E-state index in [4.69, 9.17) is 18.0 Å². The molecule has 0 radical (unpaired) electrons. The van der Waals surface area contributed by atoms with Crippen LogP contribution in [-0.2, 0) is 4.79 Å². The maximum atomic E-state index is 12.8. The molecule has 0 fully saturated rings. The molecule has 0 heterocycles. The average molecular weight is 305 g/mol. The molecule has 0 saturated heterocycles. The van der Waals surface area contributed by atoms with E-state index in [0.717, 1.165) is 0 Å². The zero-order chi connectivity index (χ0) is 12.3. The van der Waals surface area contributed by atoms with Crippen LogP contribution in [-0.4, -0.2) is 10.9 Å². The van der Waals surface area contributed by atoms with Crippen LogP contribution in [0.3, 0.4) is 0 Å². The van der Waals surface area contributed by atoms with Gasteiger partial charge in [-0.2, -0.15) is 0 Å². The average Bonchev–Trinajstić information content (AvgIpc) is 2.20. The summed E-state index contributed by atoms with van der Waals surface area (Å²) in [7, 11) is 0. The molecular weight excluding hydrogens is 295 g/mol. The van der Waals surface area contributed by atoms with Crippen molar-refractivity contribution >= 4 is 44.7 Å². The van der Waals surface area contributed by atoms with Gasteiger partial charge in [-0.05, 0) is 41.1 Å². The van der Waals surface area contributed by atoms with E-state index < -0.39 is 5.92 Å². The number of nitrogens with one attached hydrogen (secondary N) is 1. The van der Waals surface area contributed by atoms with Crippen molar-refractivity contribution in [2.75, 3.05) is 5.32 Å². The number of carbonyl (C=O) groups is 1. The van der Waals surface area contributed by atoms with E-state index in [2.05, 4.69) is 21.2 Å². The van der Waals surface area contributed by atoms with Crippen molar-refractivity contribution in [2.24, 2.45) is 11.7 Å². The molecule has 0 bridgehead atoms. The molecule has 1 aromatic rings. The van der Waals surface area contributed by atoms with Gasteiger partial charge in [0, 0.05) is 4.47 Å². The predicted molar refractivity (Wildman–Crippen MR) is 68.7 cm³/mol. The molecule has 0 aromatic heterocycles. The molecule has 1 amide bonds. The topological polar surface area (TPSA) is 55.1 Å². The first-order chi connectivity index (χ1) is 7.41. The molecule has 16 heavy (non-hydrogen) atoms. The van der Waals surface area contributed by atoms with Gasteiger partial charge in [-0.15, -0.1) is 0 Å². The molecule has 0 aliphatic carbocycles. The number of hydrogen-bond donors (Lipinski definition) is 2. The van der Waals surface area contributed by atoms with Gasteiger partial charge in [0.05, 0.1) is 16.6 Å². The lowest BCUT2D eigenvalue weighted by Gasteiger charge is -2.11. The highest BCUT2D eigenvalue weighted by Gasteiger charge is 2.16. The lowest BCUT2D eigenvalue weighted by Crippen LogP contribution is -2.30. The van der Waals surface area contributed by atoms with Gasteiger partial charge in [0.2, 0.25) is 5.91 Å². The SMILES string of the molecule is CC(C(=O)Nc1ccc(F)cc1Br)C(N)=S. The predicted octanol–water partition coefficient (Wildman–Crippen LogP) is 2.45. The van der Waals surface area contributed by atoms with Crippen LogP contribution in [0.4, 0.5) is 10.1 Å². The first-order valence-electron chi connectivity index (χ1n) is 4.47. The van der Waals surface area contributed by atoms with E-state index in [1.807, 2.05) is 0 Å². The van der Waals surface area contributed by atoms with Crippen LogP contribution in [0, 0.1) is 11.7 Å². The van der Waals surface area contributed by atoms with Crippen molar-refractivity contribution in [3.05, 3.63) is 28.5 Å². The third-order valence-electron chi connectivity index (χ3n) is 2.01. The lowest BCUT2D eigenvalue weighted by atomic mass is 10.1. The number of thiocarbonyl (C=S) groups is 1. The molecule has 3 nitrogen and oxygen atoms in total. The van der Waals surface area contributed by atoms with Crippen LogP contribution in [0.2, 0.25) is 0 Å². The fraction of sp³-hybridized carbons (Fsp3) is 0.200. The highest BCUT2D eigenvalue weighted by atomic mass is 79.9. The summed E-state index contributed by atoms with van der Waals surface area (Å²) in [5, 5.41) is 2.60. The Morgan fingerprint density at radius 3 is 2.75 bits per heavy atom. The molecule has 3 N–H and O–H groups in total. The van der Waals surface area contributed by atoms with Crippen LogP contribution in [0.15, 0.2) is 22.7 Å². The maximum Gasteiger partial charge on any atom is 0.234 e. The highest BCUT2D eigenvalue weighted by molar-refractivity contribution is 9.10. The number of nitrogens with two attached hydrogens (primary N) is 1. The number of benzene rings is 1. The van der Waals surface area contributed by atoms with Gasteiger partial charge in [0.25, 0.3) is 0 Å². The third kappa shape index (κ3) is 3.24. The van der Waals surface area contributed by atoms with Gasteiger partial charge >= 0.3 is 0 Å². The van der Waals surface area contributed by atoms with Gasteiger partial charge in [0.1, 0.15) is 5.82 Å². The number of anilines is 1. The van der Waals surface area contributed by atoms with Crippen molar-refractivity contribution in [1.29, 1.82) is 0 Å². The first kappa shape index (κ1) is 13.1. The summed E-state index contributed by atoms with van der Waals surface area (Å²) >= 11 is 7.85. The Kier molecular flexibility index (Phi) is 4.37. The minimum absolute atomic E-state index is 0.121. The molecule has 0 spiro atoms. The summed E-state index contributed by atoms with van der Waals surface area (Å²) in [6.07, 6.45) is 0. The normalized spacial score (nSPS) is 11.9. The smallest absolute Gasteiger partial charge is 0.234 e. The zero-order valence-corrected chi connectivity index (χ0v) is 10.9. The van der Waals surface area contributed by atoms with Crippen LogP contribution in [0.25, 0.3) is 0 Å². The second-order valence-electron chi connectivity index (χ2n) is 3.24. The summed E-state index contributed by atoms with van der Waals surface area (Å²) in [6, 6.07) is 3.98. The second-order valence-corrected chi connectivity index (χ2v) is 4.56.